The number of halogens is 2. The number of nitrogen functional groups attached to an aromatic ring is 1. The maximum Gasteiger partial charge on any atom is 0.131 e. The lowest BCUT2D eigenvalue weighted by Crippen LogP contribution is -2.03. The Hall–Kier alpha value is -2.10. The van der Waals surface area contributed by atoms with E-state index >= 15 is 0 Å². The van der Waals surface area contributed by atoms with Crippen LogP contribution in [0.25, 0.3) is 0 Å². The van der Waals surface area contributed by atoms with Crippen LogP contribution in [0, 0.1) is 18.6 Å². The quantitative estimate of drug-likeness (QED) is 0.816. The Morgan fingerprint density at radius 2 is 1.89 bits per heavy atom. The van der Waals surface area contributed by atoms with Gasteiger partial charge in [0, 0.05) is 29.5 Å². The van der Waals surface area contributed by atoms with Gasteiger partial charge in [0.2, 0.25) is 0 Å². The summed E-state index contributed by atoms with van der Waals surface area (Å²) in [6.07, 6.45) is 0. The number of anilines is 2. The van der Waals surface area contributed by atoms with E-state index in [1.807, 2.05) is 19.1 Å². The molecule has 0 bridgehead atoms. The van der Waals surface area contributed by atoms with Crippen LogP contribution >= 0.6 is 0 Å². The maximum atomic E-state index is 13.4. The molecule has 0 spiro atoms. The van der Waals surface area contributed by atoms with E-state index in [9.17, 15) is 8.78 Å². The van der Waals surface area contributed by atoms with E-state index in [0.717, 1.165) is 17.3 Å². The molecule has 0 aromatic heterocycles. The van der Waals surface area contributed by atoms with E-state index in [2.05, 4.69) is 5.32 Å². The van der Waals surface area contributed by atoms with Crippen molar-refractivity contribution >= 4 is 11.4 Å². The lowest BCUT2D eigenvalue weighted by molar-refractivity contribution is 0.574. The SMILES string of the molecule is Cc1cc(N)ccc1NCc1ccc(F)cc1F. The molecule has 0 aliphatic carbocycles. The smallest absolute Gasteiger partial charge is 0.131 e. The van der Waals surface area contributed by atoms with Gasteiger partial charge >= 0.3 is 0 Å². The second-order valence-electron chi connectivity index (χ2n) is 4.16. The van der Waals surface area contributed by atoms with Gasteiger partial charge in [0.15, 0.2) is 0 Å². The Balaban J connectivity index is 2.11. The second-order valence-corrected chi connectivity index (χ2v) is 4.16. The van der Waals surface area contributed by atoms with Crippen LogP contribution in [-0.4, -0.2) is 0 Å². The fourth-order valence-electron chi connectivity index (χ4n) is 1.74. The number of nitrogens with one attached hydrogen (secondary N) is 1. The van der Waals surface area contributed by atoms with Crippen LogP contribution < -0.4 is 11.1 Å². The number of hydrogen-bond donors (Lipinski definition) is 2. The fourth-order valence-corrected chi connectivity index (χ4v) is 1.74. The monoisotopic (exact) mass is 248 g/mol. The molecule has 0 fully saturated rings. The van der Waals surface area contributed by atoms with Gasteiger partial charge in [0.05, 0.1) is 0 Å². The molecule has 0 aliphatic heterocycles. The van der Waals surface area contributed by atoms with Gasteiger partial charge in [-0.2, -0.15) is 0 Å². The largest absolute Gasteiger partial charge is 0.399 e. The maximum absolute atomic E-state index is 13.4. The third-order valence-corrected chi connectivity index (χ3v) is 2.73. The van der Waals surface area contributed by atoms with Gasteiger partial charge in [-0.25, -0.2) is 8.78 Å². The second kappa shape index (κ2) is 5.04. The Kier molecular flexibility index (Phi) is 3.46. The van der Waals surface area contributed by atoms with E-state index < -0.39 is 11.6 Å². The van der Waals surface area contributed by atoms with E-state index in [1.54, 1.807) is 6.07 Å². The summed E-state index contributed by atoms with van der Waals surface area (Å²) in [4.78, 5) is 0. The van der Waals surface area contributed by atoms with E-state index in [1.165, 1.54) is 12.1 Å². The number of benzene rings is 2. The van der Waals surface area contributed by atoms with Gasteiger partial charge in [-0.15, -0.1) is 0 Å². The minimum atomic E-state index is -0.570. The van der Waals surface area contributed by atoms with Crippen molar-refractivity contribution in [1.29, 1.82) is 0 Å². The summed E-state index contributed by atoms with van der Waals surface area (Å²) in [6.45, 7) is 2.22. The first kappa shape index (κ1) is 12.4. The highest BCUT2D eigenvalue weighted by molar-refractivity contribution is 5.57. The summed E-state index contributed by atoms with van der Waals surface area (Å²) in [5, 5.41) is 3.10. The fraction of sp³-hybridized carbons (Fsp3) is 0.143. The van der Waals surface area contributed by atoms with Crippen molar-refractivity contribution in [3.63, 3.8) is 0 Å². The first-order valence-electron chi connectivity index (χ1n) is 5.60. The average Bonchev–Trinajstić information content (AvgIpc) is 2.30. The summed E-state index contributed by atoms with van der Waals surface area (Å²) in [6, 6.07) is 9.01. The molecule has 0 amide bonds. The summed E-state index contributed by atoms with van der Waals surface area (Å²) >= 11 is 0. The van der Waals surface area contributed by atoms with Crippen LogP contribution in [-0.2, 0) is 6.54 Å². The molecule has 94 valence electrons. The average molecular weight is 248 g/mol. The third-order valence-electron chi connectivity index (χ3n) is 2.73. The van der Waals surface area contributed by atoms with Crippen molar-refractivity contribution in [2.24, 2.45) is 0 Å². The molecule has 2 aromatic carbocycles. The highest BCUT2D eigenvalue weighted by Gasteiger charge is 2.04. The van der Waals surface area contributed by atoms with Crippen LogP contribution in [0.3, 0.4) is 0 Å². The normalized spacial score (nSPS) is 10.4. The predicted molar refractivity (Wildman–Crippen MR) is 69.3 cm³/mol. The van der Waals surface area contributed by atoms with Crippen molar-refractivity contribution < 1.29 is 8.78 Å². The summed E-state index contributed by atoms with van der Waals surface area (Å²) in [5.41, 5.74) is 8.62. The molecule has 0 heterocycles. The standard InChI is InChI=1S/C14H14F2N2/c1-9-6-12(17)4-5-14(9)18-8-10-2-3-11(15)7-13(10)16/h2-7,18H,8,17H2,1H3. The summed E-state index contributed by atoms with van der Waals surface area (Å²) in [5.74, 6) is -1.12. The van der Waals surface area contributed by atoms with Gasteiger partial charge in [-0.3, -0.25) is 0 Å². The lowest BCUT2D eigenvalue weighted by atomic mass is 10.1. The van der Waals surface area contributed by atoms with E-state index in [-0.39, 0.29) is 0 Å². The number of nitrogens with two attached hydrogens (primary N) is 1. The topological polar surface area (TPSA) is 38.0 Å². The highest BCUT2D eigenvalue weighted by Crippen LogP contribution is 2.19. The molecule has 0 atom stereocenters. The van der Waals surface area contributed by atoms with Gasteiger partial charge in [-0.1, -0.05) is 6.07 Å². The van der Waals surface area contributed by atoms with Crippen molar-refractivity contribution in [2.45, 2.75) is 13.5 Å². The van der Waals surface area contributed by atoms with Crippen LogP contribution in [0.4, 0.5) is 20.2 Å². The van der Waals surface area contributed by atoms with Crippen molar-refractivity contribution in [3.8, 4) is 0 Å². The Bertz CT molecular complexity index is 516. The molecule has 4 heteroatoms. The third kappa shape index (κ3) is 2.77. The molecular formula is C14H14F2N2. The van der Waals surface area contributed by atoms with Gasteiger partial charge in [0.25, 0.3) is 0 Å². The van der Waals surface area contributed by atoms with Crippen LogP contribution in [0.2, 0.25) is 0 Å². The Labute approximate surface area is 104 Å². The zero-order valence-corrected chi connectivity index (χ0v) is 10.0. The van der Waals surface area contributed by atoms with E-state index in [4.69, 9.17) is 5.73 Å². The number of hydrogen-bond acceptors (Lipinski definition) is 2. The van der Waals surface area contributed by atoms with Crippen molar-refractivity contribution in [1.82, 2.24) is 0 Å². The zero-order valence-electron chi connectivity index (χ0n) is 10.0. The van der Waals surface area contributed by atoms with Gasteiger partial charge in [0.1, 0.15) is 11.6 Å². The molecule has 2 aromatic rings. The molecule has 0 saturated carbocycles. The molecule has 0 saturated heterocycles. The molecule has 2 nitrogen and oxygen atoms in total. The van der Waals surface area contributed by atoms with Crippen LogP contribution in [0.15, 0.2) is 36.4 Å². The Morgan fingerprint density at radius 1 is 1.11 bits per heavy atom. The van der Waals surface area contributed by atoms with Gasteiger partial charge < -0.3 is 11.1 Å². The molecule has 0 radical (unpaired) electrons. The first-order valence-corrected chi connectivity index (χ1v) is 5.60. The number of rotatable bonds is 3. The summed E-state index contributed by atoms with van der Waals surface area (Å²) < 4.78 is 26.2. The van der Waals surface area contributed by atoms with Crippen LogP contribution in [0.5, 0.6) is 0 Å². The molecule has 0 aliphatic rings. The highest BCUT2D eigenvalue weighted by atomic mass is 19.1. The molecule has 18 heavy (non-hydrogen) atoms. The minimum Gasteiger partial charge on any atom is -0.399 e. The molecule has 0 unspecified atom stereocenters. The molecule has 2 rings (SSSR count). The minimum absolute atomic E-state index is 0.302. The first-order chi connectivity index (χ1) is 8.56. The van der Waals surface area contributed by atoms with Crippen LogP contribution in [0.1, 0.15) is 11.1 Å². The van der Waals surface area contributed by atoms with E-state index in [0.29, 0.717) is 17.8 Å². The number of aryl methyl sites for hydroxylation is 1. The summed E-state index contributed by atoms with van der Waals surface area (Å²) in [7, 11) is 0. The predicted octanol–water partition coefficient (Wildman–Crippen LogP) is 3.47. The Morgan fingerprint density at radius 3 is 2.56 bits per heavy atom. The molecular weight excluding hydrogens is 234 g/mol. The van der Waals surface area contributed by atoms with Crippen molar-refractivity contribution in [2.75, 3.05) is 11.1 Å². The van der Waals surface area contributed by atoms with Crippen molar-refractivity contribution in [3.05, 3.63) is 59.2 Å². The zero-order chi connectivity index (χ0) is 13.1. The lowest BCUT2D eigenvalue weighted by Gasteiger charge is -2.10. The van der Waals surface area contributed by atoms with Gasteiger partial charge in [-0.05, 0) is 36.8 Å². The molecule has 3 N–H and O–H groups in total.